The Morgan fingerprint density at radius 3 is 1.83 bits per heavy atom. The summed E-state index contributed by atoms with van der Waals surface area (Å²) in [4.78, 5) is 9.64. The first-order valence-corrected chi connectivity index (χ1v) is 26.6. The van der Waals surface area contributed by atoms with Crippen LogP contribution in [0.3, 0.4) is 0 Å². The smallest absolute Gasteiger partial charge is 0.135 e. The molecule has 8 aromatic carbocycles. The topological polar surface area (TPSA) is 38.5 Å². The van der Waals surface area contributed by atoms with Gasteiger partial charge in [0.05, 0.1) is 11.0 Å². The number of pyridine rings is 1. The molecule has 75 heavy (non-hydrogen) atoms. The van der Waals surface area contributed by atoms with Crippen molar-refractivity contribution in [2.75, 3.05) is 16.8 Å². The average Bonchev–Trinajstić information content (AvgIpc) is 4.14. The van der Waals surface area contributed by atoms with Crippen molar-refractivity contribution in [1.29, 1.82) is 0 Å². The van der Waals surface area contributed by atoms with Crippen LogP contribution >= 0.6 is 0 Å². The fourth-order valence-electron chi connectivity index (χ4n) is 15.2. The van der Waals surface area contributed by atoms with Crippen LogP contribution in [-0.2, 0) is 26.5 Å². The van der Waals surface area contributed by atoms with Crippen molar-refractivity contribution in [2.24, 2.45) is 23.7 Å². The molecule has 0 atom stereocenters. The minimum absolute atomic E-state index is 0. The Morgan fingerprint density at radius 1 is 0.560 bits per heavy atom. The number of hydrogen-bond acceptors (Lipinski definition) is 4. The largest absolute Gasteiger partial charge is 0.509 e. The second kappa shape index (κ2) is 17.6. The van der Waals surface area contributed by atoms with Crippen LogP contribution in [0.1, 0.15) is 59.9 Å². The molecule has 0 spiro atoms. The molecule has 0 radical (unpaired) electrons. The van der Waals surface area contributed by atoms with Gasteiger partial charge < -0.3 is 23.7 Å². The second-order valence-corrected chi connectivity index (χ2v) is 22.0. The molecule has 6 nitrogen and oxygen atoms in total. The molecule has 5 aliphatic rings. The Balaban J connectivity index is 0.00000516. The van der Waals surface area contributed by atoms with Crippen LogP contribution in [0.5, 0.6) is 11.5 Å². The maximum absolute atomic E-state index is 6.99. The summed E-state index contributed by atoms with van der Waals surface area (Å²) in [7, 11) is 2.09. The number of anilines is 3. The van der Waals surface area contributed by atoms with Crippen LogP contribution < -0.4 is 14.5 Å². The van der Waals surface area contributed by atoms with Crippen molar-refractivity contribution in [1.82, 2.24) is 14.1 Å². The first kappa shape index (κ1) is 46.2. The van der Waals surface area contributed by atoms with Gasteiger partial charge in [-0.15, -0.1) is 47.0 Å². The first-order chi connectivity index (χ1) is 36.3. The number of aryl methyl sites for hydroxylation is 3. The number of aromatic nitrogens is 3. The molecule has 4 heterocycles. The van der Waals surface area contributed by atoms with Gasteiger partial charge in [0.25, 0.3) is 0 Å². The maximum atomic E-state index is 6.99. The molecule has 3 aromatic heterocycles. The third-order valence-corrected chi connectivity index (χ3v) is 17.7. The summed E-state index contributed by atoms with van der Waals surface area (Å²) < 4.78 is 11.8. The van der Waals surface area contributed by atoms with E-state index in [1.165, 1.54) is 93.0 Å². The summed E-state index contributed by atoms with van der Waals surface area (Å²) in [6, 6.07) is 70.1. The molecule has 0 unspecified atom stereocenters. The SMILES string of the molecule is Cc1cc(C)c(-c2cc(Oc3[c-]c4c(cc3)c3ccccc3n4-c3cc(C4(c5ccc(-n6c7ccccc7c7ccccc76)cc5)C5CC6CC(C5)CC4C6)ccn3)[c-]c(N3[CH-]N(C)c4ccccc43)c2)c(C)c1.[Pt]. The molecule has 4 saturated carbocycles. The second-order valence-electron chi connectivity index (χ2n) is 22.0. The zero-order chi connectivity index (χ0) is 49.4. The molecule has 11 aromatic rings. The number of hydrogen-bond donors (Lipinski definition) is 0. The Hall–Kier alpha value is -7.40. The third kappa shape index (κ3) is 7.12. The minimum Gasteiger partial charge on any atom is -0.509 e. The summed E-state index contributed by atoms with van der Waals surface area (Å²) in [6.45, 7) is 8.70. The fraction of sp³-hybridized carbons (Fsp3) is 0.206. The fourth-order valence-corrected chi connectivity index (χ4v) is 15.2. The Bertz CT molecular complexity index is 3970. The molecule has 4 fully saturated rings. The van der Waals surface area contributed by atoms with Gasteiger partial charge in [0.1, 0.15) is 5.82 Å². The molecule has 0 N–H and O–H groups in total. The van der Waals surface area contributed by atoms with E-state index in [1.807, 2.05) is 0 Å². The van der Waals surface area contributed by atoms with Crippen LogP contribution in [-0.4, -0.2) is 21.2 Å². The molecule has 16 rings (SSSR count). The van der Waals surface area contributed by atoms with Gasteiger partial charge in [0.15, 0.2) is 0 Å². The van der Waals surface area contributed by atoms with Gasteiger partial charge in [-0.25, -0.2) is 4.98 Å². The minimum atomic E-state index is -0.129. The molecule has 0 saturated heterocycles. The van der Waals surface area contributed by atoms with E-state index in [2.05, 4.69) is 242 Å². The van der Waals surface area contributed by atoms with Crippen LogP contribution in [0.4, 0.5) is 17.1 Å². The number of ether oxygens (including phenoxy) is 1. The summed E-state index contributed by atoms with van der Waals surface area (Å²) in [5.41, 5.74) is 17.6. The Labute approximate surface area is 453 Å². The number of rotatable bonds is 8. The van der Waals surface area contributed by atoms with Crippen molar-refractivity contribution < 1.29 is 25.8 Å². The summed E-state index contributed by atoms with van der Waals surface area (Å²) in [5, 5.41) is 4.85. The Morgan fingerprint density at radius 2 is 1.16 bits per heavy atom. The van der Waals surface area contributed by atoms with Crippen LogP contribution in [0.2, 0.25) is 0 Å². The average molecular weight is 1150 g/mol. The van der Waals surface area contributed by atoms with Crippen LogP contribution in [0, 0.1) is 63.2 Å². The molecule has 7 heteroatoms. The van der Waals surface area contributed by atoms with E-state index < -0.39 is 0 Å². The molecule has 372 valence electrons. The van der Waals surface area contributed by atoms with Gasteiger partial charge in [-0.1, -0.05) is 102 Å². The van der Waals surface area contributed by atoms with Gasteiger partial charge >= 0.3 is 0 Å². The number of para-hydroxylation sites is 5. The van der Waals surface area contributed by atoms with Gasteiger partial charge in [-0.3, -0.25) is 0 Å². The van der Waals surface area contributed by atoms with Gasteiger partial charge in [0.2, 0.25) is 0 Å². The molecule has 4 aliphatic carbocycles. The predicted molar refractivity (Wildman–Crippen MR) is 302 cm³/mol. The Kier molecular flexibility index (Phi) is 10.8. The summed E-state index contributed by atoms with van der Waals surface area (Å²) in [6.07, 6.45) is 8.61. The van der Waals surface area contributed by atoms with Gasteiger partial charge in [-0.2, -0.15) is 12.7 Å². The van der Waals surface area contributed by atoms with Crippen molar-refractivity contribution >= 4 is 60.7 Å². The molecule has 0 amide bonds. The molecule has 4 bridgehead atoms. The standard InChI is InChI=1S/C68H56N5O.Pt/c1-42-29-43(2)67(44(3)30-42)47-36-53(71-41-70(4)63-19-11-12-20-64(63)71)39-55(37-47)74-54-25-26-59-58-15-7-10-18-62(58)73(65(59)40-54)66-38-49(27-28-69-66)68(50-32-45-31-46(34-50)35-51(68)33-45)48-21-23-52(24-22-48)72-60-16-8-5-13-56(60)57-14-6-9-17-61(57)72;/h5-30,36-38,41,45-46,50-51H,31-35H2,1-4H3;/q-3;. The van der Waals surface area contributed by atoms with E-state index in [9.17, 15) is 0 Å². The zero-order valence-electron chi connectivity index (χ0n) is 42.6. The summed E-state index contributed by atoms with van der Waals surface area (Å²) in [5.74, 6) is 4.92. The number of nitrogens with zero attached hydrogens (tertiary/aromatic N) is 5. The van der Waals surface area contributed by atoms with Crippen LogP contribution in [0.25, 0.3) is 66.2 Å². The van der Waals surface area contributed by atoms with E-state index in [1.54, 1.807) is 0 Å². The maximum Gasteiger partial charge on any atom is 0.135 e. The normalized spacial score (nSPS) is 20.6. The van der Waals surface area contributed by atoms with E-state index in [0.29, 0.717) is 23.3 Å². The number of fused-ring (bicyclic) bond motifs is 7. The number of benzene rings is 8. The molecular formula is C68H56N5OPt-3. The van der Waals surface area contributed by atoms with Gasteiger partial charge in [0, 0.05) is 77.5 Å². The molecular weight excluding hydrogens is 1100 g/mol. The van der Waals surface area contributed by atoms with Crippen molar-refractivity contribution in [3.63, 3.8) is 0 Å². The van der Waals surface area contributed by atoms with Crippen molar-refractivity contribution in [3.05, 3.63) is 223 Å². The van der Waals surface area contributed by atoms with Crippen LogP contribution in [0.15, 0.2) is 176 Å². The predicted octanol–water partition coefficient (Wildman–Crippen LogP) is 16.7. The van der Waals surface area contributed by atoms with E-state index in [4.69, 9.17) is 9.72 Å². The van der Waals surface area contributed by atoms with E-state index in [0.717, 1.165) is 62.1 Å². The zero-order valence-corrected chi connectivity index (χ0v) is 44.9. The quantitative estimate of drug-likeness (QED) is 0.142. The monoisotopic (exact) mass is 1150 g/mol. The van der Waals surface area contributed by atoms with E-state index >= 15 is 0 Å². The van der Waals surface area contributed by atoms with E-state index in [-0.39, 0.29) is 26.5 Å². The van der Waals surface area contributed by atoms with Crippen molar-refractivity contribution in [2.45, 2.75) is 58.3 Å². The first-order valence-electron chi connectivity index (χ1n) is 26.6. The summed E-state index contributed by atoms with van der Waals surface area (Å²) >= 11 is 0. The van der Waals surface area contributed by atoms with Crippen molar-refractivity contribution in [3.8, 4) is 34.1 Å². The third-order valence-electron chi connectivity index (χ3n) is 17.7. The molecule has 1 aliphatic heterocycles. The van der Waals surface area contributed by atoms with Gasteiger partial charge in [-0.05, 0) is 171 Å².